The van der Waals surface area contributed by atoms with Gasteiger partial charge in [0.15, 0.2) is 5.69 Å². The van der Waals surface area contributed by atoms with Gasteiger partial charge in [0.05, 0.1) is 12.8 Å². The van der Waals surface area contributed by atoms with Gasteiger partial charge in [0.2, 0.25) is 0 Å². The lowest BCUT2D eigenvalue weighted by molar-refractivity contribution is 0.0595. The predicted octanol–water partition coefficient (Wildman–Crippen LogP) is 2.52. The number of methoxy groups -OCH3 is 1. The molecule has 1 aromatic heterocycles. The number of nitrogens with one attached hydrogen (secondary N) is 1. The molecular weight excluding hydrogens is 248 g/mol. The Morgan fingerprint density at radius 1 is 1.26 bits per heavy atom. The fraction of sp³-hybridized carbons (Fsp3) is 0.462. The van der Waals surface area contributed by atoms with Crippen molar-refractivity contribution in [3.05, 3.63) is 23.5 Å². The zero-order valence-corrected chi connectivity index (χ0v) is 11.7. The Morgan fingerprint density at radius 2 is 1.89 bits per heavy atom. The number of anilines is 1. The first-order valence-corrected chi connectivity index (χ1v) is 5.79. The highest BCUT2D eigenvalue weighted by Gasteiger charge is 2.20. The van der Waals surface area contributed by atoms with E-state index in [2.05, 4.69) is 15.0 Å². The minimum absolute atomic E-state index is 0.0494. The van der Waals surface area contributed by atoms with Crippen molar-refractivity contribution in [2.75, 3.05) is 12.4 Å². The van der Waals surface area contributed by atoms with Gasteiger partial charge in [-0.05, 0) is 39.8 Å². The molecule has 0 atom stereocenters. The number of amides is 1. The van der Waals surface area contributed by atoms with E-state index in [0.29, 0.717) is 5.69 Å². The van der Waals surface area contributed by atoms with E-state index in [-0.39, 0.29) is 11.4 Å². The van der Waals surface area contributed by atoms with Crippen LogP contribution in [0.2, 0.25) is 0 Å². The number of rotatable bonds is 2. The maximum Gasteiger partial charge on any atom is 0.412 e. The highest BCUT2D eigenvalue weighted by Crippen LogP contribution is 2.17. The first-order chi connectivity index (χ1) is 8.73. The monoisotopic (exact) mass is 266 g/mol. The molecule has 0 aromatic carbocycles. The average Bonchev–Trinajstić information content (AvgIpc) is 2.28. The number of ether oxygens (including phenoxy) is 2. The zero-order chi connectivity index (χ0) is 14.6. The third kappa shape index (κ3) is 4.57. The first-order valence-electron chi connectivity index (χ1n) is 5.79. The van der Waals surface area contributed by atoms with Crippen molar-refractivity contribution >= 4 is 17.7 Å². The van der Waals surface area contributed by atoms with Crippen LogP contribution < -0.4 is 5.32 Å². The van der Waals surface area contributed by atoms with E-state index in [1.807, 2.05) is 0 Å². The summed E-state index contributed by atoms with van der Waals surface area (Å²) in [5.41, 5.74) is 0.336. The van der Waals surface area contributed by atoms with Gasteiger partial charge in [0.25, 0.3) is 0 Å². The first kappa shape index (κ1) is 14.9. The number of nitrogens with zero attached hydrogens (tertiary/aromatic N) is 1. The Hall–Kier alpha value is -2.11. The molecule has 0 aliphatic rings. The van der Waals surface area contributed by atoms with Crippen LogP contribution >= 0.6 is 0 Å². The van der Waals surface area contributed by atoms with Crippen molar-refractivity contribution in [2.24, 2.45) is 0 Å². The van der Waals surface area contributed by atoms with Crippen LogP contribution in [0.4, 0.5) is 10.5 Å². The van der Waals surface area contributed by atoms with Gasteiger partial charge in [0, 0.05) is 5.69 Å². The summed E-state index contributed by atoms with van der Waals surface area (Å²) >= 11 is 0. The molecule has 0 radical (unpaired) electrons. The summed E-state index contributed by atoms with van der Waals surface area (Å²) in [7, 11) is 1.25. The van der Waals surface area contributed by atoms with Gasteiger partial charge in [-0.25, -0.2) is 14.6 Å². The number of aryl methyl sites for hydroxylation is 1. The van der Waals surface area contributed by atoms with Crippen molar-refractivity contribution in [2.45, 2.75) is 33.3 Å². The topological polar surface area (TPSA) is 77.5 Å². The van der Waals surface area contributed by atoms with Gasteiger partial charge in [-0.1, -0.05) is 0 Å². The van der Waals surface area contributed by atoms with E-state index in [1.54, 1.807) is 39.8 Å². The van der Waals surface area contributed by atoms with Gasteiger partial charge >= 0.3 is 12.1 Å². The van der Waals surface area contributed by atoms with Crippen molar-refractivity contribution in [1.82, 2.24) is 4.98 Å². The molecule has 1 rings (SSSR count). The molecule has 104 valence electrons. The molecule has 0 saturated heterocycles. The summed E-state index contributed by atoms with van der Waals surface area (Å²) in [4.78, 5) is 27.3. The second kappa shape index (κ2) is 5.69. The van der Waals surface area contributed by atoms with Crippen LogP contribution in [-0.2, 0) is 9.47 Å². The molecule has 0 bridgehead atoms. The predicted molar refractivity (Wildman–Crippen MR) is 70.2 cm³/mol. The minimum Gasteiger partial charge on any atom is -0.464 e. The Balaban J connectivity index is 2.95. The molecule has 1 amide bonds. The largest absolute Gasteiger partial charge is 0.464 e. The number of esters is 1. The second-order valence-electron chi connectivity index (χ2n) is 4.97. The van der Waals surface area contributed by atoms with Gasteiger partial charge in [-0.15, -0.1) is 0 Å². The summed E-state index contributed by atoms with van der Waals surface area (Å²) in [6, 6.07) is 3.26. The fourth-order valence-corrected chi connectivity index (χ4v) is 1.32. The Morgan fingerprint density at radius 3 is 2.42 bits per heavy atom. The van der Waals surface area contributed by atoms with Crippen molar-refractivity contribution in [3.63, 3.8) is 0 Å². The highest BCUT2D eigenvalue weighted by atomic mass is 16.6. The van der Waals surface area contributed by atoms with Gasteiger partial charge in [-0.2, -0.15) is 0 Å². The molecule has 0 spiro atoms. The highest BCUT2D eigenvalue weighted by molar-refractivity contribution is 5.98. The molecule has 0 aliphatic heterocycles. The molecule has 6 nitrogen and oxygen atoms in total. The van der Waals surface area contributed by atoms with Crippen LogP contribution in [0.15, 0.2) is 12.1 Å². The molecule has 1 heterocycles. The Kier molecular flexibility index (Phi) is 4.47. The van der Waals surface area contributed by atoms with Gasteiger partial charge in [0.1, 0.15) is 5.60 Å². The smallest absolute Gasteiger partial charge is 0.412 e. The van der Waals surface area contributed by atoms with E-state index < -0.39 is 17.7 Å². The quantitative estimate of drug-likeness (QED) is 0.832. The maximum atomic E-state index is 11.7. The number of pyridine rings is 1. The van der Waals surface area contributed by atoms with E-state index in [1.165, 1.54) is 7.11 Å². The van der Waals surface area contributed by atoms with Crippen LogP contribution in [0.1, 0.15) is 37.0 Å². The third-order valence-electron chi connectivity index (χ3n) is 2.05. The van der Waals surface area contributed by atoms with E-state index in [0.717, 1.165) is 0 Å². The maximum absolute atomic E-state index is 11.7. The molecular formula is C13H18N2O4. The van der Waals surface area contributed by atoms with Crippen LogP contribution in [0, 0.1) is 6.92 Å². The van der Waals surface area contributed by atoms with Crippen molar-refractivity contribution < 1.29 is 19.1 Å². The number of aromatic nitrogens is 1. The summed E-state index contributed by atoms with van der Waals surface area (Å²) < 4.78 is 9.73. The Bertz CT molecular complexity index is 492. The number of hydrogen-bond acceptors (Lipinski definition) is 5. The third-order valence-corrected chi connectivity index (χ3v) is 2.05. The average molecular weight is 266 g/mol. The summed E-state index contributed by atoms with van der Waals surface area (Å²) in [6.45, 7) is 6.99. The summed E-state index contributed by atoms with van der Waals surface area (Å²) in [5, 5.41) is 2.49. The Labute approximate surface area is 112 Å². The molecule has 1 N–H and O–H groups in total. The van der Waals surface area contributed by atoms with Crippen molar-refractivity contribution in [3.8, 4) is 0 Å². The zero-order valence-electron chi connectivity index (χ0n) is 11.7. The second-order valence-corrected chi connectivity index (χ2v) is 4.97. The van der Waals surface area contributed by atoms with E-state index >= 15 is 0 Å². The summed E-state index contributed by atoms with van der Waals surface area (Å²) in [5.74, 6) is -0.616. The lowest BCUT2D eigenvalue weighted by Crippen LogP contribution is -2.28. The molecule has 0 unspecified atom stereocenters. The van der Waals surface area contributed by atoms with Crippen molar-refractivity contribution in [1.29, 1.82) is 0 Å². The SMILES string of the molecule is COC(=O)c1nc(C)ccc1NC(=O)OC(C)(C)C. The van der Waals surface area contributed by atoms with E-state index in [4.69, 9.17) is 4.74 Å². The van der Waals surface area contributed by atoms with Crippen LogP contribution in [-0.4, -0.2) is 29.8 Å². The lowest BCUT2D eigenvalue weighted by Gasteiger charge is -2.20. The lowest BCUT2D eigenvalue weighted by atomic mass is 10.2. The van der Waals surface area contributed by atoms with Gasteiger partial charge in [-0.3, -0.25) is 5.32 Å². The van der Waals surface area contributed by atoms with Gasteiger partial charge < -0.3 is 9.47 Å². The molecule has 0 saturated carbocycles. The van der Waals surface area contributed by atoms with Crippen LogP contribution in [0.3, 0.4) is 0 Å². The number of hydrogen-bond donors (Lipinski definition) is 1. The standard InChI is InChI=1S/C13H18N2O4/c1-8-6-7-9(10(14-8)11(16)18-5)15-12(17)19-13(2,3)4/h6-7H,1-5H3,(H,15,17). The van der Waals surface area contributed by atoms with Crippen LogP contribution in [0.25, 0.3) is 0 Å². The molecule has 6 heteroatoms. The fourth-order valence-electron chi connectivity index (χ4n) is 1.32. The number of carbonyl (C=O) groups is 2. The molecule has 19 heavy (non-hydrogen) atoms. The van der Waals surface area contributed by atoms with Crippen LogP contribution in [0.5, 0.6) is 0 Å². The van der Waals surface area contributed by atoms with E-state index in [9.17, 15) is 9.59 Å². The molecule has 1 aromatic rings. The summed E-state index contributed by atoms with van der Waals surface area (Å²) in [6.07, 6.45) is -0.650. The molecule has 0 fully saturated rings. The minimum atomic E-state index is -0.650. The number of carbonyl (C=O) groups excluding carboxylic acids is 2. The normalized spacial score (nSPS) is 10.8. The molecule has 0 aliphatic carbocycles.